The maximum absolute atomic E-state index is 12.4. The minimum atomic E-state index is 0.296. The minimum Gasteiger partial charge on any atom is -0.382 e. The van der Waals surface area contributed by atoms with Gasteiger partial charge in [-0.25, -0.2) is 0 Å². The number of carbonyl (C=O) groups excluding carboxylic acids is 1. The highest BCUT2D eigenvalue weighted by molar-refractivity contribution is 5.76. The molecule has 2 aliphatic heterocycles. The fourth-order valence-electron chi connectivity index (χ4n) is 3.77. The maximum atomic E-state index is 12.4. The van der Waals surface area contributed by atoms with Crippen molar-refractivity contribution in [2.75, 3.05) is 18.4 Å². The molecule has 0 aromatic heterocycles. The number of ether oxygens (including phenoxy) is 1. The molecular weight excluding hydrogens is 300 g/mol. The van der Waals surface area contributed by atoms with E-state index in [1.54, 1.807) is 0 Å². The van der Waals surface area contributed by atoms with Crippen molar-refractivity contribution < 1.29 is 9.53 Å². The molecule has 2 heterocycles. The molecule has 0 saturated carbocycles. The predicted octanol–water partition coefficient (Wildman–Crippen LogP) is 3.75. The number of rotatable bonds is 5. The predicted molar refractivity (Wildman–Crippen MR) is 97.2 cm³/mol. The van der Waals surface area contributed by atoms with Crippen LogP contribution in [0.3, 0.4) is 0 Å². The van der Waals surface area contributed by atoms with E-state index in [0.717, 1.165) is 45.2 Å². The zero-order valence-corrected chi connectivity index (χ0v) is 15.0. The number of nitrogens with one attached hydrogen (secondary N) is 1. The second kappa shape index (κ2) is 8.02. The molecule has 3 rings (SSSR count). The van der Waals surface area contributed by atoms with Gasteiger partial charge in [-0.1, -0.05) is 18.2 Å². The molecule has 1 amide bonds. The van der Waals surface area contributed by atoms with Crippen LogP contribution in [0, 0.1) is 6.92 Å². The van der Waals surface area contributed by atoms with Crippen LogP contribution >= 0.6 is 0 Å². The van der Waals surface area contributed by atoms with E-state index in [-0.39, 0.29) is 0 Å². The van der Waals surface area contributed by atoms with Crippen molar-refractivity contribution in [1.29, 1.82) is 0 Å². The molecule has 132 valence electrons. The standard InChI is InChI=1S/C20H30N2O2/c1-15-5-3-4-6-19(15)21-17-11-13-22(14-12-17)20(23)10-9-18-8-7-16(2)24-18/h3-6,16-18,21H,7-14H2,1-2H3/t16-,18-/m1/s1. The third-order valence-corrected chi connectivity index (χ3v) is 5.35. The Morgan fingerprint density at radius 2 is 1.96 bits per heavy atom. The summed E-state index contributed by atoms with van der Waals surface area (Å²) >= 11 is 0. The van der Waals surface area contributed by atoms with Crippen molar-refractivity contribution in [2.24, 2.45) is 0 Å². The average molecular weight is 330 g/mol. The summed E-state index contributed by atoms with van der Waals surface area (Å²) in [4.78, 5) is 14.4. The van der Waals surface area contributed by atoms with Gasteiger partial charge in [0.1, 0.15) is 0 Å². The van der Waals surface area contributed by atoms with Crippen LogP contribution in [-0.4, -0.2) is 42.1 Å². The molecule has 0 unspecified atom stereocenters. The first-order valence-electron chi connectivity index (χ1n) is 9.37. The second-order valence-corrected chi connectivity index (χ2v) is 7.30. The van der Waals surface area contributed by atoms with Gasteiger partial charge in [0.15, 0.2) is 0 Å². The molecule has 1 aromatic carbocycles. The zero-order chi connectivity index (χ0) is 16.9. The number of aryl methyl sites for hydroxylation is 1. The van der Waals surface area contributed by atoms with Gasteiger partial charge in [0, 0.05) is 31.2 Å². The summed E-state index contributed by atoms with van der Waals surface area (Å²) in [7, 11) is 0. The van der Waals surface area contributed by atoms with Crippen LogP contribution in [-0.2, 0) is 9.53 Å². The fraction of sp³-hybridized carbons (Fsp3) is 0.650. The molecule has 2 aliphatic rings. The van der Waals surface area contributed by atoms with Gasteiger partial charge in [0.25, 0.3) is 0 Å². The number of nitrogens with zero attached hydrogens (tertiary/aromatic N) is 1. The Balaban J connectivity index is 1.40. The fourth-order valence-corrected chi connectivity index (χ4v) is 3.77. The van der Waals surface area contributed by atoms with Gasteiger partial charge in [-0.2, -0.15) is 0 Å². The Kier molecular flexibility index (Phi) is 5.77. The molecule has 4 heteroatoms. The topological polar surface area (TPSA) is 41.6 Å². The summed E-state index contributed by atoms with van der Waals surface area (Å²) in [6, 6.07) is 8.87. The molecular formula is C20H30N2O2. The Bertz CT molecular complexity index is 552. The molecule has 0 aliphatic carbocycles. The number of benzene rings is 1. The lowest BCUT2D eigenvalue weighted by Crippen LogP contribution is -2.42. The van der Waals surface area contributed by atoms with Crippen LogP contribution in [0.2, 0.25) is 0 Å². The zero-order valence-electron chi connectivity index (χ0n) is 15.0. The molecule has 24 heavy (non-hydrogen) atoms. The normalized spacial score (nSPS) is 25.0. The highest BCUT2D eigenvalue weighted by Crippen LogP contribution is 2.24. The summed E-state index contributed by atoms with van der Waals surface area (Å²) in [5, 5.41) is 3.63. The Hall–Kier alpha value is -1.55. The summed E-state index contributed by atoms with van der Waals surface area (Å²) < 4.78 is 5.81. The van der Waals surface area contributed by atoms with E-state index >= 15 is 0 Å². The highest BCUT2D eigenvalue weighted by atomic mass is 16.5. The van der Waals surface area contributed by atoms with E-state index in [4.69, 9.17) is 4.74 Å². The van der Waals surface area contributed by atoms with Gasteiger partial charge in [0.2, 0.25) is 5.91 Å². The van der Waals surface area contributed by atoms with Crippen molar-refractivity contribution in [3.8, 4) is 0 Å². The number of likely N-dealkylation sites (tertiary alicyclic amines) is 1. The Labute approximate surface area is 145 Å². The lowest BCUT2D eigenvalue weighted by atomic mass is 10.0. The van der Waals surface area contributed by atoms with Gasteiger partial charge in [0.05, 0.1) is 12.2 Å². The molecule has 2 fully saturated rings. The molecule has 4 nitrogen and oxygen atoms in total. The summed E-state index contributed by atoms with van der Waals surface area (Å²) in [5.41, 5.74) is 2.50. The number of hydrogen-bond acceptors (Lipinski definition) is 3. The number of amides is 1. The van der Waals surface area contributed by atoms with Crippen molar-refractivity contribution >= 4 is 11.6 Å². The third-order valence-electron chi connectivity index (χ3n) is 5.35. The van der Waals surface area contributed by atoms with E-state index in [2.05, 4.69) is 43.4 Å². The number of piperidine rings is 1. The minimum absolute atomic E-state index is 0.296. The van der Waals surface area contributed by atoms with Gasteiger partial charge in [-0.05, 0) is 57.6 Å². The van der Waals surface area contributed by atoms with E-state index in [0.29, 0.717) is 30.6 Å². The van der Waals surface area contributed by atoms with Crippen molar-refractivity contribution in [2.45, 2.75) is 70.6 Å². The Morgan fingerprint density at radius 3 is 2.62 bits per heavy atom. The quantitative estimate of drug-likeness (QED) is 0.894. The molecule has 2 atom stereocenters. The van der Waals surface area contributed by atoms with Crippen LogP contribution in [0.5, 0.6) is 0 Å². The smallest absolute Gasteiger partial charge is 0.222 e. The van der Waals surface area contributed by atoms with Gasteiger partial charge in [-0.3, -0.25) is 4.79 Å². The highest BCUT2D eigenvalue weighted by Gasteiger charge is 2.26. The van der Waals surface area contributed by atoms with E-state index in [1.807, 2.05) is 4.90 Å². The van der Waals surface area contributed by atoms with Crippen LogP contribution in [0.4, 0.5) is 5.69 Å². The average Bonchev–Trinajstić information content (AvgIpc) is 3.01. The summed E-state index contributed by atoms with van der Waals surface area (Å²) in [6.45, 7) is 5.98. The monoisotopic (exact) mass is 330 g/mol. The molecule has 2 saturated heterocycles. The molecule has 0 radical (unpaired) electrons. The summed E-state index contributed by atoms with van der Waals surface area (Å²) in [5.74, 6) is 0.299. The van der Waals surface area contributed by atoms with Crippen molar-refractivity contribution in [3.63, 3.8) is 0 Å². The van der Waals surface area contributed by atoms with Crippen molar-refractivity contribution in [3.05, 3.63) is 29.8 Å². The van der Waals surface area contributed by atoms with E-state index < -0.39 is 0 Å². The number of carbonyl (C=O) groups is 1. The van der Waals surface area contributed by atoms with Crippen LogP contribution < -0.4 is 5.32 Å². The molecule has 1 N–H and O–H groups in total. The third kappa shape index (κ3) is 4.50. The lowest BCUT2D eigenvalue weighted by molar-refractivity contribution is -0.132. The van der Waals surface area contributed by atoms with Crippen LogP contribution in [0.15, 0.2) is 24.3 Å². The lowest BCUT2D eigenvalue weighted by Gasteiger charge is -2.33. The SMILES string of the molecule is Cc1ccccc1NC1CCN(C(=O)CC[C@H]2CC[C@@H](C)O2)CC1. The number of anilines is 1. The van der Waals surface area contributed by atoms with Gasteiger partial charge < -0.3 is 15.0 Å². The first-order chi connectivity index (χ1) is 11.6. The first-order valence-corrected chi connectivity index (χ1v) is 9.37. The number of hydrogen-bond donors (Lipinski definition) is 1. The van der Waals surface area contributed by atoms with Crippen molar-refractivity contribution in [1.82, 2.24) is 4.90 Å². The van der Waals surface area contributed by atoms with E-state index in [9.17, 15) is 4.79 Å². The summed E-state index contributed by atoms with van der Waals surface area (Å²) in [6.07, 6.45) is 6.47. The molecule has 0 spiro atoms. The van der Waals surface area contributed by atoms with Crippen LogP contribution in [0.25, 0.3) is 0 Å². The maximum Gasteiger partial charge on any atom is 0.222 e. The molecule has 0 bridgehead atoms. The molecule has 1 aromatic rings. The van der Waals surface area contributed by atoms with Gasteiger partial charge in [-0.15, -0.1) is 0 Å². The Morgan fingerprint density at radius 1 is 1.21 bits per heavy atom. The number of para-hydroxylation sites is 1. The second-order valence-electron chi connectivity index (χ2n) is 7.30. The first kappa shape index (κ1) is 17.3. The van der Waals surface area contributed by atoms with E-state index in [1.165, 1.54) is 11.3 Å². The largest absolute Gasteiger partial charge is 0.382 e. The van der Waals surface area contributed by atoms with Crippen LogP contribution in [0.1, 0.15) is 51.0 Å². The van der Waals surface area contributed by atoms with Gasteiger partial charge >= 0.3 is 0 Å².